The number of nitrogens with zero attached hydrogens (tertiary/aromatic N) is 1. The van der Waals surface area contributed by atoms with Crippen LogP contribution in [0.2, 0.25) is 0 Å². The minimum atomic E-state index is -3.32. The van der Waals surface area contributed by atoms with Gasteiger partial charge < -0.3 is 4.90 Å². The largest absolute Gasteiger partial charge is 0.303 e. The molecule has 1 aliphatic rings. The summed E-state index contributed by atoms with van der Waals surface area (Å²) in [4.78, 5) is 2.73. The molecule has 0 unspecified atom stereocenters. The van der Waals surface area contributed by atoms with Gasteiger partial charge in [0.25, 0.3) is 0 Å². The molecule has 0 spiro atoms. The topological polar surface area (TPSA) is 37.4 Å². The van der Waals surface area contributed by atoms with Crippen molar-refractivity contribution in [3.8, 4) is 0 Å². The van der Waals surface area contributed by atoms with Gasteiger partial charge in [-0.1, -0.05) is 42.5 Å². The Kier molecular flexibility index (Phi) is 5.47. The van der Waals surface area contributed by atoms with Crippen molar-refractivity contribution in [3.05, 3.63) is 78.1 Å². The second kappa shape index (κ2) is 8.02. The normalized spacial score (nSPS) is 16.5. The zero-order chi connectivity index (χ0) is 19.6. The van der Waals surface area contributed by atoms with Crippen LogP contribution in [-0.4, -0.2) is 38.2 Å². The van der Waals surface area contributed by atoms with E-state index in [2.05, 4.69) is 4.90 Å². The maximum Gasteiger partial charge on any atom is 0.181 e. The van der Waals surface area contributed by atoms with E-state index in [1.54, 1.807) is 12.1 Å². The molecule has 146 valence electrons. The average Bonchev–Trinajstić information content (AvgIpc) is 2.73. The molecule has 1 aliphatic heterocycles. The molecule has 3 aromatic carbocycles. The van der Waals surface area contributed by atoms with Gasteiger partial charge in [-0.05, 0) is 73.0 Å². The van der Waals surface area contributed by atoms with Gasteiger partial charge in [0, 0.05) is 6.54 Å². The summed E-state index contributed by atoms with van der Waals surface area (Å²) in [5, 5.41) is 1.69. The molecular weight excluding hydrogens is 373 g/mol. The molecule has 1 heterocycles. The first-order chi connectivity index (χ1) is 13.5. The first-order valence-corrected chi connectivity index (χ1v) is 11.3. The van der Waals surface area contributed by atoms with E-state index in [0.717, 1.165) is 42.4 Å². The van der Waals surface area contributed by atoms with Crippen molar-refractivity contribution in [1.29, 1.82) is 0 Å². The highest BCUT2D eigenvalue weighted by Gasteiger charge is 2.31. The van der Waals surface area contributed by atoms with Gasteiger partial charge in [0.1, 0.15) is 5.82 Å². The second-order valence-electron chi connectivity index (χ2n) is 7.47. The highest BCUT2D eigenvalue weighted by atomic mass is 32.2. The molecule has 5 heteroatoms. The maximum absolute atomic E-state index is 13.1. The summed E-state index contributed by atoms with van der Waals surface area (Å²) in [6, 6.07) is 19.8. The molecule has 3 aromatic rings. The van der Waals surface area contributed by atoms with E-state index in [9.17, 15) is 12.8 Å². The highest BCUT2D eigenvalue weighted by Crippen LogP contribution is 2.27. The lowest BCUT2D eigenvalue weighted by Gasteiger charge is -2.31. The standard InChI is InChI=1S/C23H24FNO2S/c24-21-8-5-18(6-9-21)11-14-25-15-12-22(13-16-25)28(26,27)23-10-7-19-3-1-2-4-20(19)17-23/h1-10,17,22H,11-16H2. The number of halogens is 1. The van der Waals surface area contributed by atoms with Crippen LogP contribution >= 0.6 is 0 Å². The first kappa shape index (κ1) is 19.1. The molecule has 28 heavy (non-hydrogen) atoms. The summed E-state index contributed by atoms with van der Waals surface area (Å²) in [5.74, 6) is -0.219. The maximum atomic E-state index is 13.1. The van der Waals surface area contributed by atoms with E-state index in [0.29, 0.717) is 17.7 Å². The van der Waals surface area contributed by atoms with E-state index in [4.69, 9.17) is 0 Å². The number of rotatable bonds is 5. The molecule has 0 radical (unpaired) electrons. The van der Waals surface area contributed by atoms with Crippen LogP contribution in [0, 0.1) is 5.82 Å². The third-order valence-corrected chi connectivity index (χ3v) is 7.91. The van der Waals surface area contributed by atoms with Crippen LogP contribution in [0.25, 0.3) is 10.8 Å². The molecule has 0 aromatic heterocycles. The van der Waals surface area contributed by atoms with Crippen LogP contribution in [0.3, 0.4) is 0 Å². The van der Waals surface area contributed by atoms with E-state index in [1.807, 2.05) is 42.5 Å². The van der Waals surface area contributed by atoms with Crippen LogP contribution in [0.15, 0.2) is 71.6 Å². The Bertz CT molecular complexity index is 1060. The quantitative estimate of drug-likeness (QED) is 0.638. The minimum Gasteiger partial charge on any atom is -0.303 e. The second-order valence-corrected chi connectivity index (χ2v) is 9.70. The monoisotopic (exact) mass is 397 g/mol. The lowest BCUT2D eigenvalue weighted by atomic mass is 10.1. The summed E-state index contributed by atoms with van der Waals surface area (Å²) in [6.45, 7) is 2.42. The van der Waals surface area contributed by atoms with Crippen molar-refractivity contribution in [2.24, 2.45) is 0 Å². The predicted molar refractivity (Wildman–Crippen MR) is 111 cm³/mol. The van der Waals surface area contributed by atoms with Crippen LogP contribution in [0.4, 0.5) is 4.39 Å². The Morgan fingerprint density at radius 3 is 2.29 bits per heavy atom. The summed E-state index contributed by atoms with van der Waals surface area (Å²) in [5.41, 5.74) is 1.10. The van der Waals surface area contributed by atoms with Crippen molar-refractivity contribution < 1.29 is 12.8 Å². The van der Waals surface area contributed by atoms with E-state index >= 15 is 0 Å². The summed E-state index contributed by atoms with van der Waals surface area (Å²) < 4.78 is 39.2. The Balaban J connectivity index is 1.38. The number of piperidine rings is 1. The zero-order valence-corrected chi connectivity index (χ0v) is 16.5. The molecule has 3 nitrogen and oxygen atoms in total. The van der Waals surface area contributed by atoms with Gasteiger partial charge in [0.15, 0.2) is 9.84 Å². The van der Waals surface area contributed by atoms with Gasteiger partial charge in [0.2, 0.25) is 0 Å². The van der Waals surface area contributed by atoms with Gasteiger partial charge in [-0.2, -0.15) is 0 Å². The fraction of sp³-hybridized carbons (Fsp3) is 0.304. The van der Waals surface area contributed by atoms with Crippen LogP contribution in [0.5, 0.6) is 0 Å². The molecule has 1 saturated heterocycles. The molecule has 0 saturated carbocycles. The van der Waals surface area contributed by atoms with Crippen LogP contribution < -0.4 is 0 Å². The SMILES string of the molecule is O=S(=O)(c1ccc2ccccc2c1)C1CCN(CCc2ccc(F)cc2)CC1. The van der Waals surface area contributed by atoms with Crippen molar-refractivity contribution in [3.63, 3.8) is 0 Å². The number of hydrogen-bond acceptors (Lipinski definition) is 3. The summed E-state index contributed by atoms with van der Waals surface area (Å²) in [7, 11) is -3.32. The van der Waals surface area contributed by atoms with Gasteiger partial charge in [-0.3, -0.25) is 0 Å². The van der Waals surface area contributed by atoms with Crippen LogP contribution in [-0.2, 0) is 16.3 Å². The number of likely N-dealkylation sites (tertiary alicyclic amines) is 1. The Morgan fingerprint density at radius 1 is 0.893 bits per heavy atom. The minimum absolute atomic E-state index is 0.219. The summed E-state index contributed by atoms with van der Waals surface area (Å²) in [6.07, 6.45) is 2.15. The number of benzene rings is 3. The summed E-state index contributed by atoms with van der Waals surface area (Å²) >= 11 is 0. The van der Waals surface area contributed by atoms with Gasteiger partial charge in [-0.25, -0.2) is 12.8 Å². The van der Waals surface area contributed by atoms with Crippen LogP contribution in [0.1, 0.15) is 18.4 Å². The Morgan fingerprint density at radius 2 is 1.57 bits per heavy atom. The van der Waals surface area contributed by atoms with E-state index in [1.165, 1.54) is 12.1 Å². The smallest absolute Gasteiger partial charge is 0.181 e. The molecule has 0 bridgehead atoms. The molecular formula is C23H24FNO2S. The van der Waals surface area contributed by atoms with Crippen molar-refractivity contribution in [1.82, 2.24) is 4.90 Å². The predicted octanol–water partition coefficient (Wildman–Crippen LogP) is 4.46. The molecule has 0 amide bonds. The Labute approximate surface area is 165 Å². The first-order valence-electron chi connectivity index (χ1n) is 9.72. The third kappa shape index (κ3) is 4.10. The number of hydrogen-bond donors (Lipinski definition) is 0. The fourth-order valence-corrected chi connectivity index (χ4v) is 5.68. The fourth-order valence-electron chi connectivity index (χ4n) is 3.92. The molecule has 0 atom stereocenters. The number of fused-ring (bicyclic) bond motifs is 1. The zero-order valence-electron chi connectivity index (χ0n) is 15.7. The van der Waals surface area contributed by atoms with Crippen molar-refractivity contribution in [2.75, 3.05) is 19.6 Å². The average molecular weight is 398 g/mol. The Hall–Kier alpha value is -2.24. The lowest BCUT2D eigenvalue weighted by Crippen LogP contribution is -2.40. The van der Waals surface area contributed by atoms with Gasteiger partial charge in [0.05, 0.1) is 10.1 Å². The molecule has 0 N–H and O–H groups in total. The van der Waals surface area contributed by atoms with E-state index < -0.39 is 9.84 Å². The van der Waals surface area contributed by atoms with Crippen molar-refractivity contribution in [2.45, 2.75) is 29.4 Å². The molecule has 1 fully saturated rings. The third-order valence-electron chi connectivity index (χ3n) is 5.65. The van der Waals surface area contributed by atoms with E-state index in [-0.39, 0.29) is 11.1 Å². The van der Waals surface area contributed by atoms with Gasteiger partial charge >= 0.3 is 0 Å². The lowest BCUT2D eigenvalue weighted by molar-refractivity contribution is 0.232. The van der Waals surface area contributed by atoms with Crippen molar-refractivity contribution >= 4 is 20.6 Å². The number of sulfone groups is 1. The van der Waals surface area contributed by atoms with Gasteiger partial charge in [-0.15, -0.1) is 0 Å². The molecule has 0 aliphatic carbocycles. The molecule has 4 rings (SSSR count). The highest BCUT2D eigenvalue weighted by molar-refractivity contribution is 7.92.